The van der Waals surface area contributed by atoms with Gasteiger partial charge in [0.25, 0.3) is 0 Å². The van der Waals surface area contributed by atoms with Gasteiger partial charge >= 0.3 is 0 Å². The molecule has 1 fully saturated rings. The number of nitrogens with one attached hydrogen (secondary N) is 1. The number of hydrogen-bond acceptors (Lipinski definition) is 4. The number of likely N-dealkylation sites (N-methyl/N-ethyl adjacent to an activating group) is 1. The fourth-order valence-corrected chi connectivity index (χ4v) is 3.59. The van der Waals surface area contributed by atoms with Gasteiger partial charge in [-0.05, 0) is 42.9 Å². The maximum atomic E-state index is 4.39. The number of hydrogen-bond donors (Lipinski definition) is 1. The molecule has 0 amide bonds. The van der Waals surface area contributed by atoms with E-state index in [1.54, 1.807) is 6.20 Å². The van der Waals surface area contributed by atoms with Crippen LogP contribution in [0.5, 0.6) is 0 Å². The molecule has 0 radical (unpaired) electrons. The highest BCUT2D eigenvalue weighted by Gasteiger charge is 2.35. The standard InChI is InChI=1S/C15H22BrN5/c1-20(2)15(5-3-4-6-15)11-17-7-12-8-19-14-9-18-13(16)10-21(12)14/h8-10,17H,3-7,11H2,1-2H3. The zero-order valence-corrected chi connectivity index (χ0v) is 14.2. The van der Waals surface area contributed by atoms with Crippen molar-refractivity contribution < 1.29 is 0 Å². The van der Waals surface area contributed by atoms with E-state index in [0.717, 1.165) is 23.3 Å². The zero-order valence-electron chi connectivity index (χ0n) is 12.6. The second-order valence-corrected chi connectivity index (χ2v) is 6.93. The minimum Gasteiger partial charge on any atom is -0.309 e. The molecule has 0 unspecified atom stereocenters. The molecule has 6 heteroatoms. The first-order valence-electron chi connectivity index (χ1n) is 7.46. The molecule has 1 N–H and O–H groups in total. The van der Waals surface area contributed by atoms with Gasteiger partial charge in [-0.3, -0.25) is 4.40 Å². The molecule has 1 saturated carbocycles. The van der Waals surface area contributed by atoms with Crippen molar-refractivity contribution in [3.63, 3.8) is 0 Å². The van der Waals surface area contributed by atoms with Gasteiger partial charge in [0.2, 0.25) is 0 Å². The summed E-state index contributed by atoms with van der Waals surface area (Å²) in [4.78, 5) is 11.0. The van der Waals surface area contributed by atoms with Crippen molar-refractivity contribution >= 4 is 21.6 Å². The topological polar surface area (TPSA) is 45.5 Å². The van der Waals surface area contributed by atoms with Crippen LogP contribution in [-0.2, 0) is 6.54 Å². The van der Waals surface area contributed by atoms with Crippen molar-refractivity contribution in [1.82, 2.24) is 24.6 Å². The minimum absolute atomic E-state index is 0.322. The lowest BCUT2D eigenvalue weighted by atomic mass is 9.96. The average Bonchev–Trinajstić information content (AvgIpc) is 3.07. The molecule has 0 aromatic carbocycles. The predicted octanol–water partition coefficient (Wildman–Crippen LogP) is 2.46. The third-order valence-electron chi connectivity index (χ3n) is 4.68. The summed E-state index contributed by atoms with van der Waals surface area (Å²) in [6.45, 7) is 1.85. The van der Waals surface area contributed by atoms with Crippen molar-refractivity contribution in [2.45, 2.75) is 37.8 Å². The Labute approximate surface area is 133 Å². The Morgan fingerprint density at radius 3 is 2.76 bits per heavy atom. The van der Waals surface area contributed by atoms with Crippen LogP contribution in [0.2, 0.25) is 0 Å². The first-order chi connectivity index (χ1) is 10.1. The fourth-order valence-electron chi connectivity index (χ4n) is 3.29. The Balaban J connectivity index is 1.68. The Morgan fingerprint density at radius 1 is 1.29 bits per heavy atom. The second kappa shape index (κ2) is 6.02. The number of halogens is 1. The number of fused-ring (bicyclic) bond motifs is 1. The normalized spacial score (nSPS) is 17.9. The van der Waals surface area contributed by atoms with Gasteiger partial charge in [-0.15, -0.1) is 0 Å². The van der Waals surface area contributed by atoms with Gasteiger partial charge in [0.1, 0.15) is 4.60 Å². The van der Waals surface area contributed by atoms with Gasteiger partial charge in [-0.2, -0.15) is 0 Å². The summed E-state index contributed by atoms with van der Waals surface area (Å²) in [5.41, 5.74) is 2.38. The molecule has 0 atom stereocenters. The summed E-state index contributed by atoms with van der Waals surface area (Å²) in [6, 6.07) is 0. The summed E-state index contributed by atoms with van der Waals surface area (Å²) in [7, 11) is 4.40. The molecule has 0 bridgehead atoms. The Kier molecular flexibility index (Phi) is 4.28. The van der Waals surface area contributed by atoms with Crippen molar-refractivity contribution in [1.29, 1.82) is 0 Å². The fraction of sp³-hybridized carbons (Fsp3) is 0.600. The maximum Gasteiger partial charge on any atom is 0.155 e. The van der Waals surface area contributed by atoms with E-state index in [2.05, 4.69) is 54.6 Å². The van der Waals surface area contributed by atoms with Crippen LogP contribution in [0.1, 0.15) is 31.4 Å². The van der Waals surface area contributed by atoms with Gasteiger partial charge in [0.05, 0.1) is 18.1 Å². The highest BCUT2D eigenvalue weighted by Crippen LogP contribution is 2.33. The van der Waals surface area contributed by atoms with E-state index in [4.69, 9.17) is 0 Å². The molecule has 2 heterocycles. The van der Waals surface area contributed by atoms with Gasteiger partial charge in [0.15, 0.2) is 5.65 Å². The van der Waals surface area contributed by atoms with Gasteiger partial charge < -0.3 is 10.2 Å². The molecule has 21 heavy (non-hydrogen) atoms. The number of aromatic nitrogens is 3. The molecule has 1 aliphatic carbocycles. The zero-order chi connectivity index (χ0) is 14.9. The summed E-state index contributed by atoms with van der Waals surface area (Å²) in [6.07, 6.45) is 10.9. The lowest BCUT2D eigenvalue weighted by Gasteiger charge is -2.36. The maximum absolute atomic E-state index is 4.39. The number of imidazole rings is 1. The van der Waals surface area contributed by atoms with Crippen LogP contribution in [-0.4, -0.2) is 45.4 Å². The lowest BCUT2D eigenvalue weighted by molar-refractivity contribution is 0.153. The molecule has 1 aliphatic rings. The minimum atomic E-state index is 0.322. The van der Waals surface area contributed by atoms with E-state index in [9.17, 15) is 0 Å². The summed E-state index contributed by atoms with van der Waals surface area (Å²) in [5, 5.41) is 3.63. The number of rotatable bonds is 5. The monoisotopic (exact) mass is 351 g/mol. The SMILES string of the molecule is CN(C)C1(CNCc2cnc3cnc(Br)cn23)CCCC1. The average molecular weight is 352 g/mol. The van der Waals surface area contributed by atoms with Crippen LogP contribution in [0, 0.1) is 0 Å². The molecule has 5 nitrogen and oxygen atoms in total. The highest BCUT2D eigenvalue weighted by atomic mass is 79.9. The lowest BCUT2D eigenvalue weighted by Crippen LogP contribution is -2.49. The molecule has 2 aromatic rings. The predicted molar refractivity (Wildman–Crippen MR) is 87.3 cm³/mol. The van der Waals surface area contributed by atoms with Crippen LogP contribution >= 0.6 is 15.9 Å². The first-order valence-corrected chi connectivity index (χ1v) is 8.26. The van der Waals surface area contributed by atoms with Gasteiger partial charge in [0, 0.05) is 24.8 Å². The molecular formula is C15H22BrN5. The van der Waals surface area contributed by atoms with E-state index in [-0.39, 0.29) is 0 Å². The van der Waals surface area contributed by atoms with Crippen molar-refractivity contribution in [3.05, 3.63) is 28.9 Å². The van der Waals surface area contributed by atoms with Crippen LogP contribution in [0.3, 0.4) is 0 Å². The highest BCUT2D eigenvalue weighted by molar-refractivity contribution is 9.10. The van der Waals surface area contributed by atoms with Crippen LogP contribution in [0.15, 0.2) is 23.2 Å². The van der Waals surface area contributed by atoms with E-state index in [1.165, 1.54) is 31.4 Å². The molecule has 3 rings (SSSR count). The van der Waals surface area contributed by atoms with Crippen LogP contribution < -0.4 is 5.32 Å². The molecule has 0 aliphatic heterocycles. The first kappa shape index (κ1) is 14.9. The third-order valence-corrected chi connectivity index (χ3v) is 5.09. The smallest absolute Gasteiger partial charge is 0.155 e. The van der Waals surface area contributed by atoms with Gasteiger partial charge in [-0.25, -0.2) is 9.97 Å². The Hall–Kier alpha value is -0.980. The van der Waals surface area contributed by atoms with Crippen LogP contribution in [0.4, 0.5) is 0 Å². The van der Waals surface area contributed by atoms with Crippen molar-refractivity contribution in [3.8, 4) is 0 Å². The summed E-state index contributed by atoms with van der Waals surface area (Å²) < 4.78 is 2.91. The Bertz CT molecular complexity index is 616. The van der Waals surface area contributed by atoms with E-state index in [1.807, 2.05) is 12.4 Å². The Morgan fingerprint density at radius 2 is 2.05 bits per heavy atom. The second-order valence-electron chi connectivity index (χ2n) is 6.12. The van der Waals surface area contributed by atoms with Crippen molar-refractivity contribution in [2.75, 3.05) is 20.6 Å². The molecule has 0 spiro atoms. The van der Waals surface area contributed by atoms with Crippen LogP contribution in [0.25, 0.3) is 5.65 Å². The molecule has 0 saturated heterocycles. The number of nitrogens with zero attached hydrogens (tertiary/aromatic N) is 4. The quantitative estimate of drug-likeness (QED) is 0.898. The van der Waals surface area contributed by atoms with Crippen molar-refractivity contribution in [2.24, 2.45) is 0 Å². The van der Waals surface area contributed by atoms with E-state index in [0.29, 0.717) is 5.54 Å². The third kappa shape index (κ3) is 2.98. The largest absolute Gasteiger partial charge is 0.309 e. The molecule has 2 aromatic heterocycles. The molecular weight excluding hydrogens is 330 g/mol. The van der Waals surface area contributed by atoms with E-state index < -0.39 is 0 Å². The molecule has 114 valence electrons. The van der Waals surface area contributed by atoms with E-state index >= 15 is 0 Å². The summed E-state index contributed by atoms with van der Waals surface area (Å²) in [5.74, 6) is 0. The summed E-state index contributed by atoms with van der Waals surface area (Å²) >= 11 is 3.41. The van der Waals surface area contributed by atoms with Gasteiger partial charge in [-0.1, -0.05) is 12.8 Å².